The second kappa shape index (κ2) is 4.53. The van der Waals surface area contributed by atoms with Gasteiger partial charge in [-0.3, -0.25) is 0 Å². The van der Waals surface area contributed by atoms with Gasteiger partial charge in [0.05, 0.1) is 18.7 Å². The fraction of sp³-hybridized carbons (Fsp3) is 0.429. The Hall–Kier alpha value is -1.68. The predicted molar refractivity (Wildman–Crippen MR) is 72.0 cm³/mol. The van der Waals surface area contributed by atoms with Crippen molar-refractivity contribution in [2.24, 2.45) is 0 Å². The van der Waals surface area contributed by atoms with Gasteiger partial charge in [0.1, 0.15) is 5.82 Å². The summed E-state index contributed by atoms with van der Waals surface area (Å²) in [6.07, 6.45) is 0. The third-order valence-electron chi connectivity index (χ3n) is 3.36. The number of benzene rings is 1. The molecule has 0 bridgehead atoms. The van der Waals surface area contributed by atoms with Crippen molar-refractivity contribution >= 4 is 16.6 Å². The molecule has 0 N–H and O–H groups in total. The first-order valence-corrected chi connectivity index (χ1v) is 6.32. The van der Waals surface area contributed by atoms with Crippen LogP contribution in [0, 0.1) is 13.8 Å². The Labute approximate surface area is 107 Å². The van der Waals surface area contributed by atoms with Crippen LogP contribution in [0.4, 0.5) is 5.69 Å². The van der Waals surface area contributed by atoms with Gasteiger partial charge < -0.3 is 9.64 Å². The molecule has 4 heteroatoms. The van der Waals surface area contributed by atoms with Crippen molar-refractivity contribution in [3.8, 4) is 0 Å². The topological polar surface area (TPSA) is 38.2 Å². The van der Waals surface area contributed by atoms with Crippen LogP contribution in [-0.4, -0.2) is 36.3 Å². The zero-order chi connectivity index (χ0) is 12.5. The minimum absolute atomic E-state index is 0.805. The molecular formula is C14H17N3O. The van der Waals surface area contributed by atoms with E-state index in [2.05, 4.69) is 33.1 Å². The first-order chi connectivity index (χ1) is 8.74. The molecule has 0 radical (unpaired) electrons. The number of morpholine rings is 1. The maximum absolute atomic E-state index is 5.38. The molecular weight excluding hydrogens is 226 g/mol. The first kappa shape index (κ1) is 11.4. The molecule has 2 heterocycles. The molecule has 0 spiro atoms. The van der Waals surface area contributed by atoms with Crippen molar-refractivity contribution in [1.82, 2.24) is 9.97 Å². The monoisotopic (exact) mass is 243 g/mol. The SMILES string of the molecule is Cc1nc(C)c2ccc(N3CCOCC3)cc2n1. The Balaban J connectivity index is 2.04. The summed E-state index contributed by atoms with van der Waals surface area (Å²) in [5.74, 6) is 0.833. The Morgan fingerprint density at radius 3 is 2.67 bits per heavy atom. The van der Waals surface area contributed by atoms with Gasteiger partial charge in [0.15, 0.2) is 0 Å². The van der Waals surface area contributed by atoms with Crippen molar-refractivity contribution in [1.29, 1.82) is 0 Å². The first-order valence-electron chi connectivity index (χ1n) is 6.32. The standard InChI is InChI=1S/C14H17N3O/c1-10-13-4-3-12(17-5-7-18-8-6-17)9-14(13)16-11(2)15-10/h3-4,9H,5-8H2,1-2H3. The molecule has 3 rings (SSSR count). The zero-order valence-corrected chi connectivity index (χ0v) is 10.8. The summed E-state index contributed by atoms with van der Waals surface area (Å²) in [7, 11) is 0. The number of ether oxygens (including phenoxy) is 1. The molecule has 1 aromatic heterocycles. The minimum atomic E-state index is 0.805. The largest absolute Gasteiger partial charge is 0.378 e. The summed E-state index contributed by atoms with van der Waals surface area (Å²) in [6, 6.07) is 6.43. The Kier molecular flexibility index (Phi) is 2.88. The van der Waals surface area contributed by atoms with Gasteiger partial charge >= 0.3 is 0 Å². The minimum Gasteiger partial charge on any atom is -0.378 e. The van der Waals surface area contributed by atoms with Crippen LogP contribution in [-0.2, 0) is 4.74 Å². The number of rotatable bonds is 1. The van der Waals surface area contributed by atoms with E-state index in [0.717, 1.165) is 48.7 Å². The number of hydrogen-bond acceptors (Lipinski definition) is 4. The summed E-state index contributed by atoms with van der Waals surface area (Å²) < 4.78 is 5.38. The van der Waals surface area contributed by atoms with Crippen LogP contribution in [0.1, 0.15) is 11.5 Å². The van der Waals surface area contributed by atoms with Gasteiger partial charge in [-0.05, 0) is 32.0 Å². The van der Waals surface area contributed by atoms with Crippen molar-refractivity contribution < 1.29 is 4.74 Å². The number of hydrogen-bond donors (Lipinski definition) is 0. The lowest BCUT2D eigenvalue weighted by molar-refractivity contribution is 0.122. The Bertz CT molecular complexity index is 577. The van der Waals surface area contributed by atoms with Crippen molar-refractivity contribution in [2.75, 3.05) is 31.2 Å². The van der Waals surface area contributed by atoms with Crippen LogP contribution in [0.5, 0.6) is 0 Å². The predicted octanol–water partition coefficient (Wildman–Crippen LogP) is 2.08. The van der Waals surface area contributed by atoms with Gasteiger partial charge in [-0.15, -0.1) is 0 Å². The van der Waals surface area contributed by atoms with Crippen LogP contribution in [0.25, 0.3) is 10.9 Å². The third-order valence-corrected chi connectivity index (χ3v) is 3.36. The van der Waals surface area contributed by atoms with E-state index < -0.39 is 0 Å². The zero-order valence-electron chi connectivity index (χ0n) is 10.8. The van der Waals surface area contributed by atoms with E-state index in [4.69, 9.17) is 4.74 Å². The highest BCUT2D eigenvalue weighted by Gasteiger charge is 2.12. The third kappa shape index (κ3) is 2.04. The van der Waals surface area contributed by atoms with E-state index in [1.807, 2.05) is 13.8 Å². The lowest BCUT2D eigenvalue weighted by Crippen LogP contribution is -2.36. The Morgan fingerprint density at radius 1 is 1.11 bits per heavy atom. The molecule has 0 unspecified atom stereocenters. The van der Waals surface area contributed by atoms with Crippen LogP contribution < -0.4 is 4.90 Å². The fourth-order valence-corrected chi connectivity index (χ4v) is 2.44. The van der Waals surface area contributed by atoms with Crippen LogP contribution in [0.3, 0.4) is 0 Å². The molecule has 1 fully saturated rings. The summed E-state index contributed by atoms with van der Waals surface area (Å²) >= 11 is 0. The summed E-state index contributed by atoms with van der Waals surface area (Å²) in [5.41, 5.74) is 3.30. The van der Waals surface area contributed by atoms with Gasteiger partial charge in [0.2, 0.25) is 0 Å². The van der Waals surface area contributed by atoms with Gasteiger partial charge in [0, 0.05) is 29.9 Å². The van der Waals surface area contributed by atoms with E-state index in [1.54, 1.807) is 0 Å². The highest BCUT2D eigenvalue weighted by Crippen LogP contribution is 2.23. The molecule has 0 saturated carbocycles. The molecule has 0 atom stereocenters. The number of anilines is 1. The molecule has 94 valence electrons. The highest BCUT2D eigenvalue weighted by atomic mass is 16.5. The molecule has 18 heavy (non-hydrogen) atoms. The van der Waals surface area contributed by atoms with Gasteiger partial charge in [0.25, 0.3) is 0 Å². The lowest BCUT2D eigenvalue weighted by atomic mass is 10.1. The number of nitrogens with zero attached hydrogens (tertiary/aromatic N) is 3. The Morgan fingerprint density at radius 2 is 1.89 bits per heavy atom. The molecule has 1 aliphatic heterocycles. The molecule has 1 aromatic carbocycles. The van der Waals surface area contributed by atoms with E-state index in [-0.39, 0.29) is 0 Å². The summed E-state index contributed by atoms with van der Waals surface area (Å²) in [6.45, 7) is 7.49. The smallest absolute Gasteiger partial charge is 0.126 e. The van der Waals surface area contributed by atoms with Gasteiger partial charge in [-0.1, -0.05) is 0 Å². The molecule has 1 aliphatic rings. The van der Waals surface area contributed by atoms with E-state index in [0.29, 0.717) is 0 Å². The second-order valence-corrected chi connectivity index (χ2v) is 4.66. The number of fused-ring (bicyclic) bond motifs is 1. The van der Waals surface area contributed by atoms with Crippen molar-refractivity contribution in [2.45, 2.75) is 13.8 Å². The second-order valence-electron chi connectivity index (χ2n) is 4.66. The van der Waals surface area contributed by atoms with Gasteiger partial charge in [-0.2, -0.15) is 0 Å². The van der Waals surface area contributed by atoms with Crippen LogP contribution >= 0.6 is 0 Å². The molecule has 2 aromatic rings. The average Bonchev–Trinajstić information content (AvgIpc) is 2.39. The van der Waals surface area contributed by atoms with E-state index >= 15 is 0 Å². The molecule has 4 nitrogen and oxygen atoms in total. The van der Waals surface area contributed by atoms with Crippen molar-refractivity contribution in [3.05, 3.63) is 29.7 Å². The molecule has 0 amide bonds. The van der Waals surface area contributed by atoms with Crippen molar-refractivity contribution in [3.63, 3.8) is 0 Å². The normalized spacial score (nSPS) is 16.2. The number of aryl methyl sites for hydroxylation is 2. The van der Waals surface area contributed by atoms with Gasteiger partial charge in [-0.25, -0.2) is 9.97 Å². The quantitative estimate of drug-likeness (QED) is 0.768. The fourth-order valence-electron chi connectivity index (χ4n) is 2.44. The van der Waals surface area contributed by atoms with E-state index in [9.17, 15) is 0 Å². The average molecular weight is 243 g/mol. The van der Waals surface area contributed by atoms with Crippen LogP contribution in [0.2, 0.25) is 0 Å². The van der Waals surface area contributed by atoms with E-state index in [1.165, 1.54) is 5.69 Å². The van der Waals surface area contributed by atoms with Crippen LogP contribution in [0.15, 0.2) is 18.2 Å². The molecule has 0 aliphatic carbocycles. The molecule has 1 saturated heterocycles. The number of aromatic nitrogens is 2. The summed E-state index contributed by atoms with van der Waals surface area (Å²) in [4.78, 5) is 11.3. The highest BCUT2D eigenvalue weighted by molar-refractivity contribution is 5.84. The maximum Gasteiger partial charge on any atom is 0.126 e. The summed E-state index contributed by atoms with van der Waals surface area (Å²) in [5, 5.41) is 1.14. The maximum atomic E-state index is 5.38. The lowest BCUT2D eigenvalue weighted by Gasteiger charge is -2.29.